The molecule has 3 heteroatoms. The van der Waals surface area contributed by atoms with Crippen molar-refractivity contribution in [2.45, 2.75) is 0 Å². The number of hydrogen-bond acceptors (Lipinski definition) is 2. The summed E-state index contributed by atoms with van der Waals surface area (Å²) in [5.41, 5.74) is 6.68. The van der Waals surface area contributed by atoms with Gasteiger partial charge < -0.3 is 10.1 Å². The maximum absolute atomic E-state index is 10.2. The van der Waals surface area contributed by atoms with Crippen molar-refractivity contribution in [3.8, 4) is 39.5 Å². The predicted molar refractivity (Wildman–Crippen MR) is 114 cm³/mol. The summed E-state index contributed by atoms with van der Waals surface area (Å²) in [5, 5.41) is 11.3. The number of aromatic hydroxyl groups is 1. The first kappa shape index (κ1) is 16.3. The molecular weight excluding hydrogens is 344 g/mol. The Balaban J connectivity index is 1.65. The summed E-state index contributed by atoms with van der Waals surface area (Å²) in [7, 11) is 0. The van der Waals surface area contributed by atoms with E-state index in [4.69, 9.17) is 4.98 Å². The lowest BCUT2D eigenvalue weighted by molar-refractivity contribution is 0.477. The SMILES string of the molecule is Oc1ccccc1-c1cc2cccc(-c3cccc(-c4ccccc4)n3)c2[nH]1. The van der Waals surface area contributed by atoms with Gasteiger partial charge in [-0.3, -0.25) is 0 Å². The van der Waals surface area contributed by atoms with Crippen molar-refractivity contribution in [1.29, 1.82) is 0 Å². The van der Waals surface area contributed by atoms with Crippen LogP contribution in [-0.4, -0.2) is 15.1 Å². The Morgan fingerprint density at radius 2 is 1.36 bits per heavy atom. The number of benzene rings is 3. The summed E-state index contributed by atoms with van der Waals surface area (Å²) in [6.45, 7) is 0. The number of rotatable bonds is 3. The fourth-order valence-electron chi connectivity index (χ4n) is 3.57. The maximum Gasteiger partial charge on any atom is 0.124 e. The van der Waals surface area contributed by atoms with Gasteiger partial charge in [0, 0.05) is 22.1 Å². The van der Waals surface area contributed by atoms with Crippen molar-refractivity contribution >= 4 is 10.9 Å². The van der Waals surface area contributed by atoms with Gasteiger partial charge >= 0.3 is 0 Å². The molecule has 134 valence electrons. The molecule has 3 aromatic carbocycles. The molecule has 28 heavy (non-hydrogen) atoms. The molecule has 0 aliphatic rings. The summed E-state index contributed by atoms with van der Waals surface area (Å²) in [6, 6.07) is 31.9. The lowest BCUT2D eigenvalue weighted by Crippen LogP contribution is -1.88. The van der Waals surface area contributed by atoms with Crippen LogP contribution in [0, 0.1) is 0 Å². The highest BCUT2D eigenvalue weighted by Gasteiger charge is 2.12. The topological polar surface area (TPSA) is 48.9 Å². The van der Waals surface area contributed by atoms with Gasteiger partial charge in [0.1, 0.15) is 5.75 Å². The average molecular weight is 362 g/mol. The van der Waals surface area contributed by atoms with Gasteiger partial charge in [-0.25, -0.2) is 4.98 Å². The number of nitrogens with one attached hydrogen (secondary N) is 1. The molecule has 5 rings (SSSR count). The minimum Gasteiger partial charge on any atom is -0.507 e. The molecule has 5 aromatic rings. The second-order valence-corrected chi connectivity index (χ2v) is 6.74. The number of aromatic amines is 1. The molecule has 2 N–H and O–H groups in total. The number of hydrogen-bond donors (Lipinski definition) is 2. The number of phenolic OH excluding ortho intramolecular Hbond substituents is 1. The summed E-state index contributed by atoms with van der Waals surface area (Å²) in [4.78, 5) is 8.37. The van der Waals surface area contributed by atoms with Crippen LogP contribution in [-0.2, 0) is 0 Å². The number of phenols is 1. The minimum atomic E-state index is 0.264. The Hall–Kier alpha value is -3.85. The third kappa shape index (κ3) is 2.83. The van der Waals surface area contributed by atoms with E-state index in [2.05, 4.69) is 35.3 Å². The quantitative estimate of drug-likeness (QED) is 0.397. The van der Waals surface area contributed by atoms with E-state index < -0.39 is 0 Å². The van der Waals surface area contributed by atoms with E-state index in [0.29, 0.717) is 0 Å². The number of H-pyrrole nitrogens is 1. The second-order valence-electron chi connectivity index (χ2n) is 6.74. The Bertz CT molecular complexity index is 1270. The zero-order valence-electron chi connectivity index (χ0n) is 15.1. The molecule has 0 bridgehead atoms. The molecule has 0 radical (unpaired) electrons. The number of para-hydroxylation sites is 2. The van der Waals surface area contributed by atoms with Crippen LogP contribution in [0.25, 0.3) is 44.7 Å². The highest BCUT2D eigenvalue weighted by atomic mass is 16.3. The van der Waals surface area contributed by atoms with Crippen molar-refractivity contribution in [3.05, 3.63) is 97.1 Å². The molecule has 0 unspecified atom stereocenters. The molecular formula is C25H18N2O. The molecule has 2 aromatic heterocycles. The molecule has 0 aliphatic carbocycles. The number of aromatic nitrogens is 2. The van der Waals surface area contributed by atoms with Crippen LogP contribution < -0.4 is 0 Å². The minimum absolute atomic E-state index is 0.264. The number of pyridine rings is 1. The molecule has 0 aliphatic heterocycles. The lowest BCUT2D eigenvalue weighted by atomic mass is 10.1. The highest BCUT2D eigenvalue weighted by molar-refractivity contribution is 5.97. The summed E-state index contributed by atoms with van der Waals surface area (Å²) in [5.74, 6) is 0.264. The first-order valence-corrected chi connectivity index (χ1v) is 9.22. The van der Waals surface area contributed by atoms with E-state index >= 15 is 0 Å². The van der Waals surface area contributed by atoms with Crippen molar-refractivity contribution in [2.24, 2.45) is 0 Å². The van der Waals surface area contributed by atoms with Gasteiger partial charge in [-0.05, 0) is 30.3 Å². The third-order valence-electron chi connectivity index (χ3n) is 4.95. The first-order valence-electron chi connectivity index (χ1n) is 9.22. The molecule has 0 atom stereocenters. The largest absolute Gasteiger partial charge is 0.507 e. The van der Waals surface area contributed by atoms with Gasteiger partial charge in [-0.15, -0.1) is 0 Å². The van der Waals surface area contributed by atoms with Crippen LogP contribution >= 0.6 is 0 Å². The van der Waals surface area contributed by atoms with Crippen LogP contribution in [0.1, 0.15) is 0 Å². The zero-order valence-corrected chi connectivity index (χ0v) is 15.1. The van der Waals surface area contributed by atoms with Gasteiger partial charge in [0.05, 0.1) is 22.6 Å². The Labute approximate surface area is 163 Å². The van der Waals surface area contributed by atoms with E-state index in [1.165, 1.54) is 0 Å². The standard InChI is InChI=1S/C25H18N2O/c28-24-15-5-4-11-19(24)23-16-18-10-6-12-20(25(18)27-23)22-14-7-13-21(26-22)17-8-2-1-3-9-17/h1-16,27-28H. The van der Waals surface area contributed by atoms with Crippen LogP contribution in [0.4, 0.5) is 0 Å². The van der Waals surface area contributed by atoms with Crippen LogP contribution in [0.2, 0.25) is 0 Å². The summed E-state index contributed by atoms with van der Waals surface area (Å²) in [6.07, 6.45) is 0. The first-order chi connectivity index (χ1) is 13.8. The Morgan fingerprint density at radius 1 is 0.643 bits per heavy atom. The van der Waals surface area contributed by atoms with Gasteiger partial charge in [-0.2, -0.15) is 0 Å². The molecule has 0 spiro atoms. The summed E-state index contributed by atoms with van der Waals surface area (Å²) < 4.78 is 0. The molecule has 0 saturated carbocycles. The predicted octanol–water partition coefficient (Wildman–Crippen LogP) is 6.27. The molecule has 2 heterocycles. The van der Waals surface area contributed by atoms with Gasteiger partial charge in [0.15, 0.2) is 0 Å². The van der Waals surface area contributed by atoms with Crippen LogP contribution in [0.5, 0.6) is 5.75 Å². The van der Waals surface area contributed by atoms with E-state index in [1.807, 2.05) is 60.7 Å². The Morgan fingerprint density at radius 3 is 2.21 bits per heavy atom. The highest BCUT2D eigenvalue weighted by Crippen LogP contribution is 2.34. The fourth-order valence-corrected chi connectivity index (χ4v) is 3.57. The maximum atomic E-state index is 10.2. The van der Waals surface area contributed by atoms with Crippen molar-refractivity contribution in [3.63, 3.8) is 0 Å². The lowest BCUT2D eigenvalue weighted by Gasteiger charge is -2.06. The molecule has 3 nitrogen and oxygen atoms in total. The summed E-state index contributed by atoms with van der Waals surface area (Å²) >= 11 is 0. The van der Waals surface area contributed by atoms with E-state index in [9.17, 15) is 5.11 Å². The van der Waals surface area contributed by atoms with Gasteiger partial charge in [0.2, 0.25) is 0 Å². The fraction of sp³-hybridized carbons (Fsp3) is 0. The number of fused-ring (bicyclic) bond motifs is 1. The zero-order chi connectivity index (χ0) is 18.9. The van der Waals surface area contributed by atoms with E-state index in [-0.39, 0.29) is 5.75 Å². The van der Waals surface area contributed by atoms with Crippen LogP contribution in [0.3, 0.4) is 0 Å². The van der Waals surface area contributed by atoms with Crippen molar-refractivity contribution < 1.29 is 5.11 Å². The Kier molecular flexibility index (Phi) is 3.91. The van der Waals surface area contributed by atoms with Crippen molar-refractivity contribution in [2.75, 3.05) is 0 Å². The van der Waals surface area contributed by atoms with E-state index in [0.717, 1.165) is 44.7 Å². The molecule has 0 fully saturated rings. The van der Waals surface area contributed by atoms with Crippen LogP contribution in [0.15, 0.2) is 97.1 Å². The molecule has 0 saturated heterocycles. The van der Waals surface area contributed by atoms with Crippen molar-refractivity contribution in [1.82, 2.24) is 9.97 Å². The monoisotopic (exact) mass is 362 g/mol. The second kappa shape index (κ2) is 6.71. The van der Waals surface area contributed by atoms with Gasteiger partial charge in [-0.1, -0.05) is 66.7 Å². The van der Waals surface area contributed by atoms with E-state index in [1.54, 1.807) is 6.07 Å². The molecule has 0 amide bonds. The average Bonchev–Trinajstić information content (AvgIpc) is 3.19. The van der Waals surface area contributed by atoms with Gasteiger partial charge in [0.25, 0.3) is 0 Å². The smallest absolute Gasteiger partial charge is 0.124 e. The number of nitrogens with zero attached hydrogens (tertiary/aromatic N) is 1. The normalized spacial score (nSPS) is 11.0. The third-order valence-corrected chi connectivity index (χ3v) is 4.95.